The van der Waals surface area contributed by atoms with Crippen molar-refractivity contribution in [1.82, 2.24) is 5.16 Å². The Balaban J connectivity index is 2.04. The Kier molecular flexibility index (Phi) is 3.35. The lowest BCUT2D eigenvalue weighted by Gasteiger charge is -1.99. The van der Waals surface area contributed by atoms with Gasteiger partial charge in [0.2, 0.25) is 0 Å². The van der Waals surface area contributed by atoms with Crippen molar-refractivity contribution in [1.29, 1.82) is 0 Å². The smallest absolute Gasteiger partial charge is 0.180 e. The van der Waals surface area contributed by atoms with Crippen molar-refractivity contribution in [2.45, 2.75) is 0 Å². The van der Waals surface area contributed by atoms with E-state index >= 15 is 0 Å². The van der Waals surface area contributed by atoms with E-state index in [-0.39, 0.29) is 11.5 Å². The molecule has 5 heteroatoms. The molecule has 0 spiro atoms. The minimum absolute atomic E-state index is 0.210. The van der Waals surface area contributed by atoms with Crippen LogP contribution in [0.25, 0.3) is 22.6 Å². The SMILES string of the molecule is Oc1ccc(-c2noc(-c3ccc(O)cc3)c2I)cc1. The molecule has 2 aromatic carbocycles. The lowest BCUT2D eigenvalue weighted by Crippen LogP contribution is -1.81. The monoisotopic (exact) mass is 379 g/mol. The van der Waals surface area contributed by atoms with Crippen molar-refractivity contribution in [3.8, 4) is 34.1 Å². The van der Waals surface area contributed by atoms with Crippen LogP contribution in [0.3, 0.4) is 0 Å². The van der Waals surface area contributed by atoms with E-state index in [0.717, 1.165) is 20.4 Å². The molecule has 0 aliphatic carbocycles. The van der Waals surface area contributed by atoms with Crippen LogP contribution in [0.5, 0.6) is 11.5 Å². The van der Waals surface area contributed by atoms with E-state index in [4.69, 9.17) is 4.52 Å². The van der Waals surface area contributed by atoms with Gasteiger partial charge in [-0.25, -0.2) is 0 Å². The Labute approximate surface area is 128 Å². The third-order valence-corrected chi connectivity index (χ3v) is 3.91. The fourth-order valence-corrected chi connectivity index (χ4v) is 2.69. The number of benzene rings is 2. The van der Waals surface area contributed by atoms with Gasteiger partial charge in [-0.3, -0.25) is 0 Å². The van der Waals surface area contributed by atoms with Gasteiger partial charge >= 0.3 is 0 Å². The first kappa shape index (κ1) is 13.0. The highest BCUT2D eigenvalue weighted by atomic mass is 127. The fraction of sp³-hybridized carbons (Fsp3) is 0. The second kappa shape index (κ2) is 5.16. The van der Waals surface area contributed by atoms with Crippen LogP contribution in [0, 0.1) is 3.57 Å². The molecular weight excluding hydrogens is 369 g/mol. The van der Waals surface area contributed by atoms with Crippen molar-refractivity contribution in [3.05, 3.63) is 52.1 Å². The van der Waals surface area contributed by atoms with E-state index in [2.05, 4.69) is 27.7 Å². The highest BCUT2D eigenvalue weighted by Gasteiger charge is 2.16. The number of rotatable bonds is 2. The Morgan fingerprint density at radius 3 is 1.85 bits per heavy atom. The summed E-state index contributed by atoms with van der Waals surface area (Å²) in [7, 11) is 0. The van der Waals surface area contributed by atoms with E-state index in [1.807, 2.05) is 0 Å². The van der Waals surface area contributed by atoms with Crippen molar-refractivity contribution >= 4 is 22.6 Å². The second-order valence-electron chi connectivity index (χ2n) is 4.27. The van der Waals surface area contributed by atoms with Gasteiger partial charge in [-0.05, 0) is 71.1 Å². The summed E-state index contributed by atoms with van der Waals surface area (Å²) in [4.78, 5) is 0. The number of hydrogen-bond acceptors (Lipinski definition) is 4. The molecule has 0 amide bonds. The van der Waals surface area contributed by atoms with Gasteiger partial charge in [0.1, 0.15) is 17.2 Å². The van der Waals surface area contributed by atoms with Gasteiger partial charge in [0.15, 0.2) is 5.76 Å². The molecule has 0 saturated heterocycles. The zero-order valence-electron chi connectivity index (χ0n) is 10.2. The Bertz CT molecular complexity index is 670. The largest absolute Gasteiger partial charge is 0.508 e. The lowest BCUT2D eigenvalue weighted by atomic mass is 10.1. The minimum Gasteiger partial charge on any atom is -0.508 e. The van der Waals surface area contributed by atoms with Crippen LogP contribution in [-0.2, 0) is 0 Å². The third kappa shape index (κ3) is 2.36. The number of aromatic nitrogens is 1. The number of aromatic hydroxyl groups is 2. The average molecular weight is 379 g/mol. The van der Waals surface area contributed by atoms with E-state index in [0.29, 0.717) is 5.76 Å². The molecule has 2 N–H and O–H groups in total. The molecule has 0 aliphatic heterocycles. The van der Waals surface area contributed by atoms with E-state index < -0.39 is 0 Å². The number of halogens is 1. The first-order chi connectivity index (χ1) is 9.65. The van der Waals surface area contributed by atoms with Gasteiger partial charge in [0.25, 0.3) is 0 Å². The summed E-state index contributed by atoms with van der Waals surface area (Å²) in [6.45, 7) is 0. The first-order valence-corrected chi connectivity index (χ1v) is 6.97. The van der Waals surface area contributed by atoms with E-state index in [9.17, 15) is 10.2 Å². The maximum atomic E-state index is 9.31. The van der Waals surface area contributed by atoms with Crippen LogP contribution in [-0.4, -0.2) is 15.4 Å². The molecule has 3 aromatic rings. The molecule has 0 radical (unpaired) electrons. The molecule has 3 rings (SSSR count). The maximum absolute atomic E-state index is 9.31. The molecule has 4 nitrogen and oxygen atoms in total. The van der Waals surface area contributed by atoms with Gasteiger partial charge in [-0.2, -0.15) is 0 Å². The highest BCUT2D eigenvalue weighted by molar-refractivity contribution is 14.1. The first-order valence-electron chi connectivity index (χ1n) is 5.89. The molecule has 100 valence electrons. The predicted octanol–water partition coefficient (Wildman–Crippen LogP) is 4.02. The normalized spacial score (nSPS) is 10.7. The molecular formula is C15H10INO3. The maximum Gasteiger partial charge on any atom is 0.180 e. The minimum atomic E-state index is 0.210. The Hall–Kier alpha value is -2.02. The van der Waals surface area contributed by atoms with Gasteiger partial charge in [-0.15, -0.1) is 0 Å². The van der Waals surface area contributed by atoms with Crippen molar-refractivity contribution in [2.24, 2.45) is 0 Å². The van der Waals surface area contributed by atoms with Crippen LogP contribution in [0.2, 0.25) is 0 Å². The summed E-state index contributed by atoms with van der Waals surface area (Å²) in [5.74, 6) is 1.08. The second-order valence-corrected chi connectivity index (χ2v) is 5.35. The van der Waals surface area contributed by atoms with Crippen LogP contribution >= 0.6 is 22.6 Å². The molecule has 1 aromatic heterocycles. The molecule has 1 heterocycles. The zero-order valence-corrected chi connectivity index (χ0v) is 12.4. The number of phenols is 2. The van der Waals surface area contributed by atoms with Crippen molar-refractivity contribution in [3.63, 3.8) is 0 Å². The molecule has 0 atom stereocenters. The average Bonchev–Trinajstić information content (AvgIpc) is 2.83. The molecule has 0 aliphatic rings. The Morgan fingerprint density at radius 2 is 1.30 bits per heavy atom. The van der Waals surface area contributed by atoms with Gasteiger partial charge in [0, 0.05) is 11.1 Å². The number of hydrogen-bond donors (Lipinski definition) is 2. The summed E-state index contributed by atoms with van der Waals surface area (Å²) >= 11 is 2.18. The van der Waals surface area contributed by atoms with Gasteiger partial charge < -0.3 is 14.7 Å². The standard InChI is InChI=1S/C15H10INO3/c16-13-14(9-1-5-11(18)6-2-9)17-20-15(13)10-3-7-12(19)8-4-10/h1-8,18-19H. The Morgan fingerprint density at radius 1 is 0.800 bits per heavy atom. The fourth-order valence-electron chi connectivity index (χ4n) is 1.87. The summed E-state index contributed by atoms with van der Waals surface area (Å²) in [6.07, 6.45) is 0. The zero-order chi connectivity index (χ0) is 14.1. The van der Waals surface area contributed by atoms with Crippen LogP contribution in [0.15, 0.2) is 53.1 Å². The lowest BCUT2D eigenvalue weighted by molar-refractivity contribution is 0.434. The van der Waals surface area contributed by atoms with Crippen molar-refractivity contribution in [2.75, 3.05) is 0 Å². The summed E-state index contributed by atoms with van der Waals surface area (Å²) in [5, 5.41) is 22.7. The number of phenolic OH excluding ortho intramolecular Hbond substituents is 2. The third-order valence-electron chi connectivity index (χ3n) is 2.91. The topological polar surface area (TPSA) is 66.5 Å². The van der Waals surface area contributed by atoms with Gasteiger partial charge in [-0.1, -0.05) is 5.16 Å². The van der Waals surface area contributed by atoms with Crippen LogP contribution in [0.1, 0.15) is 0 Å². The molecule has 0 unspecified atom stereocenters. The highest BCUT2D eigenvalue weighted by Crippen LogP contribution is 2.34. The van der Waals surface area contributed by atoms with Gasteiger partial charge in [0.05, 0.1) is 3.57 Å². The van der Waals surface area contributed by atoms with Crippen LogP contribution < -0.4 is 0 Å². The quantitative estimate of drug-likeness (QED) is 0.660. The summed E-state index contributed by atoms with van der Waals surface area (Å²) in [5.41, 5.74) is 2.46. The molecule has 0 bridgehead atoms. The summed E-state index contributed by atoms with van der Waals surface area (Å²) in [6, 6.07) is 13.6. The van der Waals surface area contributed by atoms with Crippen molar-refractivity contribution < 1.29 is 14.7 Å². The summed E-state index contributed by atoms with van der Waals surface area (Å²) < 4.78 is 6.29. The van der Waals surface area contributed by atoms with E-state index in [1.54, 1.807) is 48.5 Å². The molecule has 20 heavy (non-hydrogen) atoms. The van der Waals surface area contributed by atoms with E-state index in [1.165, 1.54) is 0 Å². The molecule has 0 fully saturated rings. The van der Waals surface area contributed by atoms with Crippen LogP contribution in [0.4, 0.5) is 0 Å². The number of nitrogens with zero attached hydrogens (tertiary/aromatic N) is 1. The molecule has 0 saturated carbocycles. The predicted molar refractivity (Wildman–Crippen MR) is 83.4 cm³/mol.